The average Bonchev–Trinajstić information content (AvgIpc) is 3.15. The predicted octanol–water partition coefficient (Wildman–Crippen LogP) is 6.38. The van der Waals surface area contributed by atoms with Gasteiger partial charge in [-0.1, -0.05) is 24.6 Å². The highest BCUT2D eigenvalue weighted by molar-refractivity contribution is 6.30. The third-order valence-corrected chi connectivity index (χ3v) is 5.97. The van der Waals surface area contributed by atoms with E-state index in [9.17, 15) is 23.1 Å². The maximum Gasteiger partial charge on any atom is 0.421 e. The zero-order valence-electron chi connectivity index (χ0n) is 16.1. The van der Waals surface area contributed by atoms with Gasteiger partial charge in [0, 0.05) is 18.0 Å². The summed E-state index contributed by atoms with van der Waals surface area (Å²) in [5.41, 5.74) is 0.469. The number of alkyl halides is 3. The molecule has 2 aliphatic carbocycles. The van der Waals surface area contributed by atoms with Crippen molar-refractivity contribution in [3.8, 4) is 11.6 Å². The summed E-state index contributed by atoms with van der Waals surface area (Å²) in [5, 5.41) is 10.5. The van der Waals surface area contributed by atoms with Crippen molar-refractivity contribution in [2.75, 3.05) is 0 Å². The van der Waals surface area contributed by atoms with Gasteiger partial charge in [-0.15, -0.1) is 0 Å². The number of aromatic nitrogens is 1. The molecule has 4 nitrogen and oxygen atoms in total. The number of halogens is 4. The molecule has 1 fully saturated rings. The van der Waals surface area contributed by atoms with Crippen molar-refractivity contribution in [2.24, 2.45) is 11.8 Å². The van der Waals surface area contributed by atoms with Crippen LogP contribution < -0.4 is 4.74 Å². The number of aliphatic hydroxyl groups is 1. The first kappa shape index (κ1) is 20.7. The van der Waals surface area contributed by atoms with Crippen LogP contribution in [0, 0.1) is 11.8 Å². The van der Waals surface area contributed by atoms with Crippen LogP contribution in [0.5, 0.6) is 11.6 Å². The summed E-state index contributed by atoms with van der Waals surface area (Å²) in [6, 6.07) is 5.47. The lowest BCUT2D eigenvalue weighted by atomic mass is 9.81. The number of hydrogen-bond acceptors (Lipinski definition) is 4. The Kier molecular flexibility index (Phi) is 5.26. The highest BCUT2D eigenvalue weighted by Gasteiger charge is 2.42. The molecule has 1 aromatic carbocycles. The zero-order valence-corrected chi connectivity index (χ0v) is 16.8. The van der Waals surface area contributed by atoms with E-state index in [-0.39, 0.29) is 39.7 Å². The van der Waals surface area contributed by atoms with E-state index < -0.39 is 17.6 Å². The third kappa shape index (κ3) is 3.67. The van der Waals surface area contributed by atoms with Gasteiger partial charge in [0.1, 0.15) is 17.1 Å². The van der Waals surface area contributed by atoms with Gasteiger partial charge in [-0.05, 0) is 55.0 Å². The SMILES string of the molecule is CCc1ccc(Oc2ncc(Cl)cc2C(F)(F)F)cc1C1=C(O)[C@@H]2CC[C@@H](C2)C1=O. The van der Waals surface area contributed by atoms with Gasteiger partial charge in [-0.25, -0.2) is 4.98 Å². The van der Waals surface area contributed by atoms with E-state index in [1.807, 2.05) is 6.92 Å². The van der Waals surface area contributed by atoms with Crippen LogP contribution in [0.25, 0.3) is 5.57 Å². The van der Waals surface area contributed by atoms with E-state index in [2.05, 4.69) is 4.98 Å². The number of ketones is 1. The van der Waals surface area contributed by atoms with Gasteiger partial charge in [0.05, 0.1) is 10.6 Å². The number of Topliss-reactive ketones (excluding diaryl/α,β-unsaturated/α-hetero) is 1. The van der Waals surface area contributed by atoms with Gasteiger partial charge >= 0.3 is 6.18 Å². The van der Waals surface area contributed by atoms with Crippen LogP contribution in [0.2, 0.25) is 5.02 Å². The van der Waals surface area contributed by atoms with Gasteiger partial charge in [-0.3, -0.25) is 4.79 Å². The summed E-state index contributed by atoms with van der Waals surface area (Å²) >= 11 is 5.67. The molecule has 0 radical (unpaired) electrons. The lowest BCUT2D eigenvalue weighted by Crippen LogP contribution is -2.22. The molecule has 30 heavy (non-hydrogen) atoms. The number of fused-ring (bicyclic) bond motifs is 2. The zero-order chi connectivity index (χ0) is 21.6. The molecule has 0 aliphatic heterocycles. The number of pyridine rings is 1. The van der Waals surface area contributed by atoms with Gasteiger partial charge < -0.3 is 9.84 Å². The number of ether oxygens (including phenoxy) is 1. The second kappa shape index (κ2) is 7.61. The van der Waals surface area contributed by atoms with Crippen molar-refractivity contribution in [1.29, 1.82) is 0 Å². The van der Waals surface area contributed by atoms with Gasteiger partial charge in [-0.2, -0.15) is 13.2 Å². The van der Waals surface area contributed by atoms with E-state index in [1.54, 1.807) is 6.07 Å². The second-order valence-corrected chi connectivity index (χ2v) is 8.05. The number of aryl methyl sites for hydroxylation is 1. The molecule has 0 saturated heterocycles. The van der Waals surface area contributed by atoms with E-state index in [0.717, 1.165) is 30.7 Å². The minimum atomic E-state index is -4.70. The molecule has 2 bridgehead atoms. The fourth-order valence-electron chi connectivity index (χ4n) is 4.26. The highest BCUT2D eigenvalue weighted by Crippen LogP contribution is 2.46. The monoisotopic (exact) mass is 437 g/mol. The standard InChI is InChI=1S/C22H19ClF3NO3/c1-2-11-5-6-15(30-21-17(22(24,25)26)8-14(23)10-27-21)9-16(11)18-19(28)12-3-4-13(7-12)20(18)29/h5-6,8-10,12-13,28H,2-4,7H2,1H3/t12-,13+/m1/s1. The van der Waals surface area contributed by atoms with E-state index in [1.165, 1.54) is 12.1 Å². The van der Waals surface area contributed by atoms with Crippen LogP contribution in [0.1, 0.15) is 42.9 Å². The minimum Gasteiger partial charge on any atom is -0.511 e. The molecule has 0 spiro atoms. The smallest absolute Gasteiger partial charge is 0.421 e. The summed E-state index contributed by atoms with van der Waals surface area (Å²) in [5.74, 6) is -0.754. The number of carbonyl (C=O) groups excluding carboxylic acids is 1. The van der Waals surface area contributed by atoms with Crippen molar-refractivity contribution in [3.05, 3.63) is 57.9 Å². The first-order chi connectivity index (χ1) is 14.2. The Morgan fingerprint density at radius 3 is 2.67 bits per heavy atom. The normalized spacial score (nSPS) is 21.3. The quantitative estimate of drug-likeness (QED) is 0.603. The topological polar surface area (TPSA) is 59.4 Å². The number of rotatable bonds is 4. The Hall–Kier alpha value is -2.54. The predicted molar refractivity (Wildman–Crippen MR) is 106 cm³/mol. The van der Waals surface area contributed by atoms with Gasteiger partial charge in [0.25, 0.3) is 0 Å². The molecule has 1 saturated carbocycles. The lowest BCUT2D eigenvalue weighted by molar-refractivity contribution is -0.138. The van der Waals surface area contributed by atoms with Crippen LogP contribution >= 0.6 is 11.6 Å². The summed E-state index contributed by atoms with van der Waals surface area (Å²) in [7, 11) is 0. The molecule has 0 unspecified atom stereocenters. The molecule has 2 atom stereocenters. The van der Waals surface area contributed by atoms with Crippen LogP contribution in [-0.2, 0) is 17.4 Å². The number of nitrogens with zero attached hydrogens (tertiary/aromatic N) is 1. The Labute approximate surface area is 176 Å². The Balaban J connectivity index is 1.77. The summed E-state index contributed by atoms with van der Waals surface area (Å²) in [4.78, 5) is 16.6. The molecule has 2 aromatic rings. The van der Waals surface area contributed by atoms with Crippen LogP contribution in [-0.4, -0.2) is 15.9 Å². The van der Waals surface area contributed by atoms with Crippen molar-refractivity contribution in [1.82, 2.24) is 4.98 Å². The molecular formula is C22H19ClF3NO3. The number of benzene rings is 1. The molecule has 0 amide bonds. The Morgan fingerprint density at radius 2 is 1.97 bits per heavy atom. The fraction of sp³-hybridized carbons (Fsp3) is 0.364. The molecule has 158 valence electrons. The number of carbonyl (C=O) groups is 1. The maximum absolute atomic E-state index is 13.4. The molecule has 1 N–H and O–H groups in total. The van der Waals surface area contributed by atoms with Crippen molar-refractivity contribution in [3.63, 3.8) is 0 Å². The fourth-order valence-corrected chi connectivity index (χ4v) is 4.41. The maximum atomic E-state index is 13.4. The Morgan fingerprint density at radius 1 is 1.23 bits per heavy atom. The molecule has 1 heterocycles. The summed E-state index contributed by atoms with van der Waals surface area (Å²) in [6.07, 6.45) is -0.897. The molecule has 1 aromatic heterocycles. The van der Waals surface area contributed by atoms with Crippen molar-refractivity contribution in [2.45, 2.75) is 38.8 Å². The molecule has 8 heteroatoms. The lowest BCUT2D eigenvalue weighted by Gasteiger charge is -2.23. The van der Waals surface area contributed by atoms with Gasteiger partial charge in [0.2, 0.25) is 5.88 Å². The van der Waals surface area contributed by atoms with Crippen LogP contribution in [0.4, 0.5) is 13.2 Å². The average molecular weight is 438 g/mol. The van der Waals surface area contributed by atoms with Crippen LogP contribution in [0.3, 0.4) is 0 Å². The number of hydrogen-bond donors (Lipinski definition) is 1. The summed E-state index contributed by atoms with van der Waals surface area (Å²) < 4.78 is 45.5. The van der Waals surface area contributed by atoms with Crippen LogP contribution in [0.15, 0.2) is 36.2 Å². The Bertz CT molecular complexity index is 1050. The largest absolute Gasteiger partial charge is 0.511 e. The number of allylic oxidation sites excluding steroid dienone is 2. The molecular weight excluding hydrogens is 419 g/mol. The first-order valence-corrected chi connectivity index (χ1v) is 10.1. The second-order valence-electron chi connectivity index (χ2n) is 7.61. The highest BCUT2D eigenvalue weighted by atomic mass is 35.5. The van der Waals surface area contributed by atoms with Crippen molar-refractivity contribution < 1.29 is 27.8 Å². The van der Waals surface area contributed by atoms with Crippen molar-refractivity contribution >= 4 is 23.0 Å². The minimum absolute atomic E-state index is 0.0493. The molecule has 2 aliphatic rings. The molecule has 4 rings (SSSR count). The summed E-state index contributed by atoms with van der Waals surface area (Å²) in [6.45, 7) is 1.90. The van der Waals surface area contributed by atoms with E-state index in [4.69, 9.17) is 16.3 Å². The van der Waals surface area contributed by atoms with Gasteiger partial charge in [0.15, 0.2) is 5.78 Å². The van der Waals surface area contributed by atoms with E-state index in [0.29, 0.717) is 18.4 Å². The number of aliphatic hydroxyl groups excluding tert-OH is 1. The first-order valence-electron chi connectivity index (χ1n) is 9.70. The van der Waals surface area contributed by atoms with E-state index >= 15 is 0 Å². The third-order valence-electron chi connectivity index (χ3n) is 5.76.